The molecule has 0 saturated carbocycles. The maximum Gasteiger partial charge on any atom is 0.335 e. The fraction of sp³-hybridized carbons (Fsp3) is 0.105. The van der Waals surface area contributed by atoms with Gasteiger partial charge < -0.3 is 14.2 Å². The third-order valence-electron chi connectivity index (χ3n) is 4.47. The van der Waals surface area contributed by atoms with Crippen LogP contribution in [-0.2, 0) is 9.59 Å². The van der Waals surface area contributed by atoms with Gasteiger partial charge >= 0.3 is 11.7 Å². The quantitative estimate of drug-likeness (QED) is 0.299. The Morgan fingerprint density at radius 2 is 1.94 bits per heavy atom. The summed E-state index contributed by atoms with van der Waals surface area (Å²) in [5.41, 5.74) is -0.412. The predicted octanol–water partition coefficient (Wildman–Crippen LogP) is 2.76. The van der Waals surface area contributed by atoms with E-state index in [1.54, 1.807) is 0 Å². The third-order valence-corrected chi connectivity index (χ3v) is 5.06. The van der Waals surface area contributed by atoms with E-state index in [0.717, 1.165) is 17.0 Å². The van der Waals surface area contributed by atoms with Gasteiger partial charge in [0.1, 0.15) is 5.57 Å². The van der Waals surface area contributed by atoms with E-state index in [1.165, 1.54) is 31.4 Å². The largest absolute Gasteiger partial charge is 0.489 e. The molecule has 0 spiro atoms. The van der Waals surface area contributed by atoms with E-state index in [1.807, 2.05) is 0 Å². The Labute approximate surface area is 182 Å². The number of amides is 4. The van der Waals surface area contributed by atoms with Crippen molar-refractivity contribution in [2.45, 2.75) is 0 Å². The Hall–Kier alpha value is -3.93. The summed E-state index contributed by atoms with van der Waals surface area (Å²) < 4.78 is 15.7. The number of ether oxygens (including phenoxy) is 3. The van der Waals surface area contributed by atoms with Crippen LogP contribution in [0.2, 0.25) is 0 Å². The maximum atomic E-state index is 13.0. The van der Waals surface area contributed by atoms with Crippen molar-refractivity contribution >= 4 is 51.2 Å². The molecule has 4 rings (SSSR count). The summed E-state index contributed by atoms with van der Waals surface area (Å²) in [7, 11) is 1.28. The summed E-state index contributed by atoms with van der Waals surface area (Å²) in [6, 6.07) is 6.09. The summed E-state index contributed by atoms with van der Waals surface area (Å²) >= 11 is 3.17. The zero-order valence-corrected chi connectivity index (χ0v) is 17.3. The number of carbonyl (C=O) groups excluding carboxylic acids is 3. The van der Waals surface area contributed by atoms with Crippen LogP contribution in [0.4, 0.5) is 16.2 Å². The topological polar surface area (TPSA) is 137 Å². The van der Waals surface area contributed by atoms with Crippen LogP contribution in [0.3, 0.4) is 0 Å². The number of carbonyl (C=O) groups is 3. The van der Waals surface area contributed by atoms with Crippen molar-refractivity contribution in [1.82, 2.24) is 5.32 Å². The molecule has 12 heteroatoms. The van der Waals surface area contributed by atoms with Gasteiger partial charge in [-0.3, -0.25) is 25.0 Å². The zero-order valence-electron chi connectivity index (χ0n) is 15.7. The number of fused-ring (bicyclic) bond motifs is 1. The second-order valence-corrected chi connectivity index (χ2v) is 7.16. The minimum atomic E-state index is -0.937. The van der Waals surface area contributed by atoms with Gasteiger partial charge in [0.05, 0.1) is 22.2 Å². The van der Waals surface area contributed by atoms with E-state index in [-0.39, 0.29) is 39.5 Å². The lowest BCUT2D eigenvalue weighted by Gasteiger charge is -2.26. The number of hydrogen-bond donors (Lipinski definition) is 1. The van der Waals surface area contributed by atoms with Crippen LogP contribution in [0, 0.1) is 10.1 Å². The molecular weight excluding hydrogens is 478 g/mol. The Bertz CT molecular complexity index is 1190. The highest BCUT2D eigenvalue weighted by Crippen LogP contribution is 2.38. The van der Waals surface area contributed by atoms with Gasteiger partial charge in [0.2, 0.25) is 12.5 Å². The lowest BCUT2D eigenvalue weighted by Crippen LogP contribution is -2.54. The van der Waals surface area contributed by atoms with E-state index >= 15 is 0 Å². The Morgan fingerprint density at radius 1 is 1.19 bits per heavy atom. The number of nitrogens with zero attached hydrogens (tertiary/aromatic N) is 2. The molecule has 158 valence electrons. The summed E-state index contributed by atoms with van der Waals surface area (Å²) in [5.74, 6) is -1.04. The normalized spacial score (nSPS) is 16.5. The van der Waals surface area contributed by atoms with Gasteiger partial charge in [-0.2, -0.15) is 0 Å². The van der Waals surface area contributed by atoms with Gasteiger partial charge in [-0.05, 0) is 45.8 Å². The van der Waals surface area contributed by atoms with Crippen molar-refractivity contribution in [2.75, 3.05) is 18.8 Å². The molecule has 2 aliphatic rings. The molecule has 31 heavy (non-hydrogen) atoms. The molecule has 0 aliphatic carbocycles. The van der Waals surface area contributed by atoms with E-state index in [0.29, 0.717) is 11.5 Å². The van der Waals surface area contributed by atoms with Gasteiger partial charge in [-0.1, -0.05) is 0 Å². The van der Waals surface area contributed by atoms with Crippen molar-refractivity contribution in [3.63, 3.8) is 0 Å². The number of nitro benzene ring substituents is 1. The van der Waals surface area contributed by atoms with Crippen LogP contribution in [0.5, 0.6) is 17.2 Å². The van der Waals surface area contributed by atoms with Crippen LogP contribution in [0.15, 0.2) is 40.4 Å². The lowest BCUT2D eigenvalue weighted by atomic mass is 10.1. The minimum Gasteiger partial charge on any atom is -0.489 e. The first kappa shape index (κ1) is 20.3. The highest BCUT2D eigenvalue weighted by molar-refractivity contribution is 9.10. The first-order valence-corrected chi connectivity index (χ1v) is 9.42. The number of hydrogen-bond acceptors (Lipinski definition) is 8. The average molecular weight is 490 g/mol. The summed E-state index contributed by atoms with van der Waals surface area (Å²) in [5, 5.41) is 13.4. The number of barbiturate groups is 1. The number of rotatable bonds is 4. The predicted molar refractivity (Wildman–Crippen MR) is 109 cm³/mol. The van der Waals surface area contributed by atoms with E-state index in [4.69, 9.17) is 14.2 Å². The number of halogens is 1. The minimum absolute atomic E-state index is 0.00763. The van der Waals surface area contributed by atoms with Crippen molar-refractivity contribution in [3.8, 4) is 17.2 Å². The first-order valence-electron chi connectivity index (χ1n) is 8.63. The number of imide groups is 2. The zero-order chi connectivity index (χ0) is 22.3. The molecule has 0 atom stereocenters. The van der Waals surface area contributed by atoms with Crippen LogP contribution in [0.25, 0.3) is 6.08 Å². The maximum absolute atomic E-state index is 13.0. The molecule has 11 nitrogen and oxygen atoms in total. The number of benzene rings is 2. The monoisotopic (exact) mass is 489 g/mol. The number of urea groups is 1. The highest BCUT2D eigenvalue weighted by atomic mass is 79.9. The molecule has 0 unspecified atom stereocenters. The number of anilines is 1. The summed E-state index contributed by atoms with van der Waals surface area (Å²) in [6.07, 6.45) is 1.15. The molecule has 2 aromatic rings. The molecule has 0 aromatic heterocycles. The van der Waals surface area contributed by atoms with Gasteiger partial charge in [0, 0.05) is 12.1 Å². The lowest BCUT2D eigenvalue weighted by molar-refractivity contribution is -0.385. The molecule has 0 radical (unpaired) electrons. The highest BCUT2D eigenvalue weighted by Gasteiger charge is 2.37. The van der Waals surface area contributed by atoms with Crippen LogP contribution >= 0.6 is 15.9 Å². The fourth-order valence-corrected chi connectivity index (χ4v) is 3.73. The number of nitro groups is 1. The fourth-order valence-electron chi connectivity index (χ4n) is 3.10. The Balaban J connectivity index is 1.76. The standard InChI is InChI=1S/C19H12BrN3O8/c1-29-16-12(20)5-9(6-13(16)23(27)28)4-11-17(24)21-19(26)22(18(11)25)10-2-3-14-15(7-10)31-8-30-14/h2-7H,8H2,1H3,(H,21,24,26)/b11-4+. The molecular formula is C19H12BrN3O8. The van der Waals surface area contributed by atoms with Crippen molar-refractivity contribution in [3.05, 3.63) is 56.1 Å². The van der Waals surface area contributed by atoms with Crippen LogP contribution in [-0.4, -0.2) is 36.7 Å². The third kappa shape index (κ3) is 3.57. The van der Waals surface area contributed by atoms with Crippen molar-refractivity contribution in [2.24, 2.45) is 0 Å². The molecule has 1 fully saturated rings. The van der Waals surface area contributed by atoms with Crippen molar-refractivity contribution < 1.29 is 33.5 Å². The molecule has 2 aromatic carbocycles. The Morgan fingerprint density at radius 3 is 2.65 bits per heavy atom. The molecule has 1 saturated heterocycles. The first-order chi connectivity index (χ1) is 14.8. The van der Waals surface area contributed by atoms with Crippen LogP contribution < -0.4 is 24.4 Å². The second kappa shape index (κ2) is 7.72. The second-order valence-electron chi connectivity index (χ2n) is 6.31. The molecule has 2 heterocycles. The molecule has 1 N–H and O–H groups in total. The summed E-state index contributed by atoms with van der Waals surface area (Å²) in [4.78, 5) is 49.2. The SMILES string of the molecule is COc1c(Br)cc(/C=C2\C(=O)NC(=O)N(c3ccc4c(c3)OCO4)C2=O)cc1[N+](=O)[O-]. The van der Waals surface area contributed by atoms with Gasteiger partial charge in [-0.15, -0.1) is 0 Å². The van der Waals surface area contributed by atoms with E-state index in [2.05, 4.69) is 21.2 Å². The smallest absolute Gasteiger partial charge is 0.335 e. The number of methoxy groups -OCH3 is 1. The van der Waals surface area contributed by atoms with Crippen molar-refractivity contribution in [1.29, 1.82) is 0 Å². The van der Waals surface area contributed by atoms with E-state index in [9.17, 15) is 24.5 Å². The van der Waals surface area contributed by atoms with E-state index < -0.39 is 22.8 Å². The van der Waals surface area contributed by atoms with Gasteiger partial charge in [-0.25, -0.2) is 9.69 Å². The van der Waals surface area contributed by atoms with Gasteiger partial charge in [0.25, 0.3) is 11.8 Å². The molecule has 4 amide bonds. The average Bonchev–Trinajstić information content (AvgIpc) is 3.18. The Kier molecular flexibility index (Phi) is 5.07. The number of nitrogens with one attached hydrogen (secondary N) is 1. The molecule has 2 aliphatic heterocycles. The molecule has 0 bridgehead atoms. The van der Waals surface area contributed by atoms with Crippen LogP contribution in [0.1, 0.15) is 5.56 Å². The summed E-state index contributed by atoms with van der Waals surface area (Å²) in [6.45, 7) is 0.00763. The van der Waals surface area contributed by atoms with Gasteiger partial charge in [0.15, 0.2) is 11.5 Å².